The number of ether oxygens (including phenoxy) is 1. The van der Waals surface area contributed by atoms with E-state index < -0.39 is 24.2 Å². The highest BCUT2D eigenvalue weighted by Crippen LogP contribution is 2.15. The Bertz CT molecular complexity index is 1080. The van der Waals surface area contributed by atoms with E-state index in [1.807, 2.05) is 19.1 Å². The number of nitrogens with zero attached hydrogens (tertiary/aromatic N) is 1. The third-order valence-electron chi connectivity index (χ3n) is 4.73. The normalized spacial score (nSPS) is 12.1. The molecular formula is C23H26N2O5. The van der Waals surface area contributed by atoms with Crippen molar-refractivity contribution in [2.75, 3.05) is 6.61 Å². The number of esters is 1. The molecule has 1 heterocycles. The summed E-state index contributed by atoms with van der Waals surface area (Å²) in [5, 5.41) is 2.81. The molecule has 0 saturated carbocycles. The lowest BCUT2D eigenvalue weighted by atomic mass is 10.00. The zero-order chi connectivity index (χ0) is 21.7. The van der Waals surface area contributed by atoms with Gasteiger partial charge in [0, 0.05) is 0 Å². The summed E-state index contributed by atoms with van der Waals surface area (Å²) in [6.45, 7) is 5.47. The molecule has 3 rings (SSSR count). The molecule has 0 unspecified atom stereocenters. The first-order valence-electron chi connectivity index (χ1n) is 9.95. The summed E-state index contributed by atoms with van der Waals surface area (Å²) in [6, 6.07) is 14.7. The molecule has 30 heavy (non-hydrogen) atoms. The Hall–Kier alpha value is -3.35. The fourth-order valence-electron chi connectivity index (χ4n) is 3.26. The summed E-state index contributed by atoms with van der Waals surface area (Å²) in [5.41, 5.74) is 3.11. The van der Waals surface area contributed by atoms with Gasteiger partial charge < -0.3 is 14.5 Å². The predicted octanol–water partition coefficient (Wildman–Crippen LogP) is 3.21. The number of hydrogen-bond acceptors (Lipinski definition) is 5. The minimum Gasteiger partial charge on any atom is -0.454 e. The third kappa shape index (κ3) is 5.37. The van der Waals surface area contributed by atoms with Gasteiger partial charge in [-0.1, -0.05) is 50.2 Å². The maximum absolute atomic E-state index is 12.2. The molecule has 0 fully saturated rings. The molecular weight excluding hydrogens is 384 g/mol. The molecule has 0 saturated heterocycles. The molecule has 1 N–H and O–H groups in total. The predicted molar refractivity (Wildman–Crippen MR) is 113 cm³/mol. The van der Waals surface area contributed by atoms with Crippen molar-refractivity contribution in [1.82, 2.24) is 9.88 Å². The highest BCUT2D eigenvalue weighted by Gasteiger charge is 2.15. The van der Waals surface area contributed by atoms with Crippen LogP contribution in [0, 0.1) is 5.92 Å². The second-order valence-corrected chi connectivity index (χ2v) is 7.71. The molecule has 1 atom stereocenters. The van der Waals surface area contributed by atoms with Gasteiger partial charge in [0.25, 0.3) is 5.91 Å². The van der Waals surface area contributed by atoms with Crippen molar-refractivity contribution < 1.29 is 18.7 Å². The Morgan fingerprint density at radius 3 is 2.47 bits per heavy atom. The first-order chi connectivity index (χ1) is 14.3. The van der Waals surface area contributed by atoms with Crippen LogP contribution in [0.4, 0.5) is 0 Å². The second-order valence-electron chi connectivity index (χ2n) is 7.71. The Balaban J connectivity index is 1.50. The summed E-state index contributed by atoms with van der Waals surface area (Å²) >= 11 is 0. The highest BCUT2D eigenvalue weighted by molar-refractivity contribution is 5.81. The number of rotatable bonds is 8. The van der Waals surface area contributed by atoms with Crippen LogP contribution in [0.15, 0.2) is 57.7 Å². The van der Waals surface area contributed by atoms with E-state index in [1.165, 1.54) is 10.1 Å². The molecule has 0 aliphatic heterocycles. The van der Waals surface area contributed by atoms with Gasteiger partial charge in [-0.05, 0) is 42.5 Å². The molecule has 1 amide bonds. The SMILES string of the molecule is CC(C)Cc1ccc([C@@H](C)NC(=O)COC(=O)Cn2c(=O)oc3ccccc32)cc1. The number of benzene rings is 2. The maximum Gasteiger partial charge on any atom is 0.420 e. The number of hydrogen-bond donors (Lipinski definition) is 1. The number of carbonyl (C=O) groups is 2. The summed E-state index contributed by atoms with van der Waals surface area (Å²) in [4.78, 5) is 36.1. The average molecular weight is 410 g/mol. The standard InChI is InChI=1S/C23H26N2O5/c1-15(2)12-17-8-10-18(11-9-17)16(3)24-21(26)14-29-22(27)13-25-19-6-4-5-7-20(19)30-23(25)28/h4-11,15-16H,12-14H2,1-3H3,(H,24,26)/t16-/m1/s1. The van der Waals surface area contributed by atoms with Gasteiger partial charge in [-0.3, -0.25) is 14.2 Å². The number of aromatic nitrogens is 1. The molecule has 0 radical (unpaired) electrons. The smallest absolute Gasteiger partial charge is 0.420 e. The van der Waals surface area contributed by atoms with Gasteiger partial charge in [0.15, 0.2) is 12.2 Å². The number of oxazole rings is 1. The quantitative estimate of drug-likeness (QED) is 0.576. The van der Waals surface area contributed by atoms with Crippen LogP contribution in [-0.4, -0.2) is 23.1 Å². The van der Waals surface area contributed by atoms with Crippen molar-refractivity contribution in [3.05, 3.63) is 70.2 Å². The van der Waals surface area contributed by atoms with Crippen molar-refractivity contribution in [1.29, 1.82) is 0 Å². The molecule has 7 nitrogen and oxygen atoms in total. The van der Waals surface area contributed by atoms with Crippen molar-refractivity contribution in [2.45, 2.75) is 39.8 Å². The van der Waals surface area contributed by atoms with Crippen molar-refractivity contribution in [3.8, 4) is 0 Å². The van der Waals surface area contributed by atoms with Gasteiger partial charge in [-0.15, -0.1) is 0 Å². The molecule has 3 aromatic rings. The van der Waals surface area contributed by atoms with Crippen molar-refractivity contribution >= 4 is 23.0 Å². The second kappa shape index (κ2) is 9.43. The van der Waals surface area contributed by atoms with E-state index in [1.54, 1.807) is 24.3 Å². The molecule has 0 aliphatic rings. The fourth-order valence-corrected chi connectivity index (χ4v) is 3.26. The Morgan fingerprint density at radius 1 is 1.07 bits per heavy atom. The van der Waals surface area contributed by atoms with Crippen LogP contribution in [0.1, 0.15) is 37.9 Å². The van der Waals surface area contributed by atoms with Gasteiger partial charge >= 0.3 is 11.7 Å². The highest BCUT2D eigenvalue weighted by atomic mass is 16.5. The van der Waals surface area contributed by atoms with Crippen LogP contribution in [0.5, 0.6) is 0 Å². The lowest BCUT2D eigenvalue weighted by Gasteiger charge is -2.15. The van der Waals surface area contributed by atoms with Gasteiger partial charge in [0.05, 0.1) is 11.6 Å². The Morgan fingerprint density at radius 2 is 1.77 bits per heavy atom. The van der Waals surface area contributed by atoms with Gasteiger partial charge in [-0.2, -0.15) is 0 Å². The molecule has 0 spiro atoms. The molecule has 2 aromatic carbocycles. The maximum atomic E-state index is 12.2. The number of nitrogens with one attached hydrogen (secondary N) is 1. The van der Waals surface area contributed by atoms with Crippen LogP contribution in [0.2, 0.25) is 0 Å². The number of fused-ring (bicyclic) bond motifs is 1. The fraction of sp³-hybridized carbons (Fsp3) is 0.348. The third-order valence-corrected chi connectivity index (χ3v) is 4.73. The summed E-state index contributed by atoms with van der Waals surface area (Å²) in [5.74, 6) is -1.17. The van der Waals surface area contributed by atoms with Crippen LogP contribution < -0.4 is 11.1 Å². The van der Waals surface area contributed by atoms with E-state index in [0.717, 1.165) is 12.0 Å². The Labute approximate surface area is 174 Å². The van der Waals surface area contributed by atoms with E-state index in [9.17, 15) is 14.4 Å². The van der Waals surface area contributed by atoms with E-state index in [2.05, 4.69) is 31.3 Å². The van der Waals surface area contributed by atoms with Crippen molar-refractivity contribution in [2.24, 2.45) is 5.92 Å². The zero-order valence-corrected chi connectivity index (χ0v) is 17.4. The average Bonchev–Trinajstić information content (AvgIpc) is 3.01. The number of amides is 1. The first kappa shape index (κ1) is 21.4. The molecule has 0 bridgehead atoms. The Kier molecular flexibility index (Phi) is 6.72. The van der Waals surface area contributed by atoms with Gasteiger partial charge in [0.1, 0.15) is 6.54 Å². The zero-order valence-electron chi connectivity index (χ0n) is 17.4. The summed E-state index contributed by atoms with van der Waals surface area (Å²) in [6.07, 6.45) is 1.01. The van der Waals surface area contributed by atoms with Crippen LogP contribution >= 0.6 is 0 Å². The van der Waals surface area contributed by atoms with Crippen LogP contribution in [0.3, 0.4) is 0 Å². The van der Waals surface area contributed by atoms with Gasteiger partial charge in [-0.25, -0.2) is 4.79 Å². The van der Waals surface area contributed by atoms with E-state index in [4.69, 9.17) is 9.15 Å². The van der Waals surface area contributed by atoms with Crippen molar-refractivity contribution in [3.63, 3.8) is 0 Å². The topological polar surface area (TPSA) is 90.5 Å². The summed E-state index contributed by atoms with van der Waals surface area (Å²) < 4.78 is 11.3. The molecule has 0 aliphatic carbocycles. The molecule has 158 valence electrons. The largest absolute Gasteiger partial charge is 0.454 e. The van der Waals surface area contributed by atoms with E-state index in [0.29, 0.717) is 17.0 Å². The lowest BCUT2D eigenvalue weighted by molar-refractivity contribution is -0.149. The van der Waals surface area contributed by atoms with Gasteiger partial charge in [0.2, 0.25) is 0 Å². The minimum atomic E-state index is -0.690. The number of carbonyl (C=O) groups excluding carboxylic acids is 2. The minimum absolute atomic E-state index is 0.218. The first-order valence-corrected chi connectivity index (χ1v) is 9.95. The molecule has 7 heteroatoms. The van der Waals surface area contributed by atoms with Crippen LogP contribution in [0.25, 0.3) is 11.1 Å². The van der Waals surface area contributed by atoms with Crippen LogP contribution in [-0.2, 0) is 27.3 Å². The van der Waals surface area contributed by atoms with E-state index >= 15 is 0 Å². The number of para-hydroxylation sites is 2. The molecule has 1 aromatic heterocycles. The van der Waals surface area contributed by atoms with E-state index in [-0.39, 0.29) is 12.6 Å². The summed E-state index contributed by atoms with van der Waals surface area (Å²) in [7, 11) is 0. The lowest BCUT2D eigenvalue weighted by Crippen LogP contribution is -2.32. The monoisotopic (exact) mass is 410 g/mol.